The lowest BCUT2D eigenvalue weighted by Crippen LogP contribution is -2.55. The minimum absolute atomic E-state index is 0.0725. The Bertz CT molecular complexity index is 496. The predicted molar refractivity (Wildman–Crippen MR) is 79.7 cm³/mol. The molecule has 0 aliphatic carbocycles. The van der Waals surface area contributed by atoms with E-state index in [2.05, 4.69) is 26.1 Å². The molecular formula is C16H22N2O2. The van der Waals surface area contributed by atoms with Gasteiger partial charge in [-0.2, -0.15) is 0 Å². The summed E-state index contributed by atoms with van der Waals surface area (Å²) < 4.78 is 0. The summed E-state index contributed by atoms with van der Waals surface area (Å²) in [6.07, 6.45) is 1.16. The van der Waals surface area contributed by atoms with Crippen LogP contribution in [0.25, 0.3) is 0 Å². The fourth-order valence-electron chi connectivity index (χ4n) is 2.52. The first kappa shape index (κ1) is 14.6. The Morgan fingerprint density at radius 2 is 1.80 bits per heavy atom. The van der Waals surface area contributed by atoms with Crippen molar-refractivity contribution in [2.75, 3.05) is 4.90 Å². The van der Waals surface area contributed by atoms with Crippen molar-refractivity contribution in [1.29, 1.82) is 0 Å². The predicted octanol–water partition coefficient (Wildman–Crippen LogP) is 3.25. The van der Waals surface area contributed by atoms with E-state index in [9.17, 15) is 9.59 Å². The topological polar surface area (TPSA) is 49.4 Å². The van der Waals surface area contributed by atoms with E-state index in [-0.39, 0.29) is 23.4 Å². The minimum atomic E-state index is -0.320. The van der Waals surface area contributed by atoms with E-state index < -0.39 is 0 Å². The molecule has 4 heteroatoms. The van der Waals surface area contributed by atoms with Crippen molar-refractivity contribution >= 4 is 17.6 Å². The molecule has 1 aliphatic heterocycles. The molecule has 1 saturated heterocycles. The molecule has 1 N–H and O–H groups in total. The zero-order valence-electron chi connectivity index (χ0n) is 12.6. The Kier molecular flexibility index (Phi) is 3.84. The van der Waals surface area contributed by atoms with Crippen LogP contribution in [0.2, 0.25) is 0 Å². The number of carbonyl (C=O) groups is 2. The summed E-state index contributed by atoms with van der Waals surface area (Å²) >= 11 is 0. The summed E-state index contributed by atoms with van der Waals surface area (Å²) in [5, 5.41) is 2.93. The number of nitrogens with one attached hydrogen (secondary N) is 1. The van der Waals surface area contributed by atoms with Crippen molar-refractivity contribution in [3.63, 3.8) is 0 Å². The zero-order chi connectivity index (χ0) is 14.9. The van der Waals surface area contributed by atoms with Crippen LogP contribution < -0.4 is 10.2 Å². The number of hydrogen-bond donors (Lipinski definition) is 1. The van der Waals surface area contributed by atoms with Gasteiger partial charge in [0, 0.05) is 12.5 Å². The second-order valence-corrected chi connectivity index (χ2v) is 6.68. The average Bonchev–Trinajstić information content (AvgIpc) is 2.28. The van der Waals surface area contributed by atoms with Gasteiger partial charge in [0.2, 0.25) is 5.91 Å². The van der Waals surface area contributed by atoms with E-state index in [1.165, 1.54) is 4.90 Å². The van der Waals surface area contributed by atoms with Gasteiger partial charge in [0.15, 0.2) is 0 Å². The van der Waals surface area contributed by atoms with Gasteiger partial charge >= 0.3 is 6.03 Å². The molecule has 0 spiro atoms. The number of carbonyl (C=O) groups excluding carboxylic acids is 2. The standard InChI is InChI=1S/C16H22N2O2/c1-11-5-7-13(8-6-11)18-14(19)9-12(17-15(18)20)10-16(2,3)4/h5-8,12H,9-10H2,1-4H3,(H,17,20). The third-order valence-electron chi connectivity index (χ3n) is 3.35. The third-order valence-corrected chi connectivity index (χ3v) is 3.35. The molecule has 1 atom stereocenters. The minimum Gasteiger partial charge on any atom is -0.334 e. The van der Waals surface area contributed by atoms with Crippen molar-refractivity contribution in [1.82, 2.24) is 5.32 Å². The van der Waals surface area contributed by atoms with Crippen LogP contribution in [0.4, 0.5) is 10.5 Å². The van der Waals surface area contributed by atoms with Crippen molar-refractivity contribution in [3.8, 4) is 0 Å². The van der Waals surface area contributed by atoms with Crippen LogP contribution in [-0.4, -0.2) is 18.0 Å². The summed E-state index contributed by atoms with van der Waals surface area (Å²) in [4.78, 5) is 25.7. The Morgan fingerprint density at radius 1 is 1.20 bits per heavy atom. The maximum atomic E-state index is 12.3. The monoisotopic (exact) mass is 274 g/mol. The van der Waals surface area contributed by atoms with E-state index in [4.69, 9.17) is 0 Å². The van der Waals surface area contributed by atoms with Gasteiger partial charge in [0.25, 0.3) is 0 Å². The molecule has 0 bridgehead atoms. The molecule has 4 nitrogen and oxygen atoms in total. The third kappa shape index (κ3) is 3.38. The normalized spacial score (nSPS) is 20.0. The van der Waals surface area contributed by atoms with Crippen molar-refractivity contribution in [2.24, 2.45) is 5.41 Å². The van der Waals surface area contributed by atoms with Gasteiger partial charge in [0.1, 0.15) is 0 Å². The zero-order valence-corrected chi connectivity index (χ0v) is 12.6. The van der Waals surface area contributed by atoms with Crippen molar-refractivity contribution in [3.05, 3.63) is 29.8 Å². The highest BCUT2D eigenvalue weighted by atomic mass is 16.2. The van der Waals surface area contributed by atoms with Gasteiger partial charge < -0.3 is 5.32 Å². The largest absolute Gasteiger partial charge is 0.334 e. The van der Waals surface area contributed by atoms with Gasteiger partial charge in [-0.1, -0.05) is 38.5 Å². The number of urea groups is 1. The Hall–Kier alpha value is -1.84. The molecule has 1 aromatic carbocycles. The van der Waals surface area contributed by atoms with Gasteiger partial charge in [-0.25, -0.2) is 9.69 Å². The van der Waals surface area contributed by atoms with Gasteiger partial charge in [-0.15, -0.1) is 0 Å². The second-order valence-electron chi connectivity index (χ2n) is 6.68. The van der Waals surface area contributed by atoms with E-state index in [0.717, 1.165) is 12.0 Å². The summed E-state index contributed by atoms with van der Waals surface area (Å²) in [6.45, 7) is 8.29. The number of hydrogen-bond acceptors (Lipinski definition) is 2. The van der Waals surface area contributed by atoms with Crippen LogP contribution in [0.3, 0.4) is 0 Å². The summed E-state index contributed by atoms with van der Waals surface area (Å²) in [5.74, 6) is -0.133. The molecule has 0 saturated carbocycles. The number of imide groups is 1. The Labute approximate surface area is 120 Å². The fraction of sp³-hybridized carbons (Fsp3) is 0.500. The molecular weight excluding hydrogens is 252 g/mol. The first-order chi connectivity index (χ1) is 9.26. The first-order valence-corrected chi connectivity index (χ1v) is 6.96. The molecule has 0 radical (unpaired) electrons. The number of aryl methyl sites for hydroxylation is 1. The summed E-state index contributed by atoms with van der Waals surface area (Å²) in [6, 6.07) is 7.01. The highest BCUT2D eigenvalue weighted by molar-refractivity contribution is 6.16. The number of nitrogens with zero attached hydrogens (tertiary/aromatic N) is 1. The maximum Gasteiger partial charge on any atom is 0.328 e. The Morgan fingerprint density at radius 3 is 2.30 bits per heavy atom. The molecule has 1 heterocycles. The van der Waals surface area contributed by atoms with Gasteiger partial charge in [-0.05, 0) is 30.9 Å². The first-order valence-electron chi connectivity index (χ1n) is 6.96. The van der Waals surface area contributed by atoms with Crippen LogP contribution in [0.1, 0.15) is 39.2 Å². The van der Waals surface area contributed by atoms with Crippen molar-refractivity contribution in [2.45, 2.75) is 46.6 Å². The molecule has 1 fully saturated rings. The number of rotatable bonds is 2. The van der Waals surface area contributed by atoms with Crippen LogP contribution in [0.15, 0.2) is 24.3 Å². The van der Waals surface area contributed by atoms with Crippen LogP contribution >= 0.6 is 0 Å². The molecule has 0 aromatic heterocycles. The molecule has 108 valence electrons. The van der Waals surface area contributed by atoms with E-state index >= 15 is 0 Å². The summed E-state index contributed by atoms with van der Waals surface area (Å²) in [5.41, 5.74) is 1.82. The highest BCUT2D eigenvalue weighted by Gasteiger charge is 2.34. The molecule has 1 aromatic rings. The Balaban J connectivity index is 2.13. The molecule has 3 amide bonds. The molecule has 1 aliphatic rings. The van der Waals surface area contributed by atoms with Crippen LogP contribution in [-0.2, 0) is 4.79 Å². The van der Waals surface area contributed by atoms with Crippen LogP contribution in [0, 0.1) is 12.3 Å². The quantitative estimate of drug-likeness (QED) is 0.900. The van der Waals surface area contributed by atoms with E-state index in [1.54, 1.807) is 12.1 Å². The highest BCUT2D eigenvalue weighted by Crippen LogP contribution is 2.26. The van der Waals surface area contributed by atoms with Gasteiger partial charge in [-0.3, -0.25) is 4.79 Å². The molecule has 1 unspecified atom stereocenters. The SMILES string of the molecule is Cc1ccc(N2C(=O)CC(CC(C)(C)C)NC2=O)cc1. The van der Waals surface area contributed by atoms with E-state index in [0.29, 0.717) is 12.1 Å². The van der Waals surface area contributed by atoms with E-state index in [1.807, 2.05) is 19.1 Å². The lowest BCUT2D eigenvalue weighted by atomic mass is 9.86. The average molecular weight is 274 g/mol. The summed E-state index contributed by atoms with van der Waals surface area (Å²) in [7, 11) is 0. The van der Waals surface area contributed by atoms with Crippen LogP contribution in [0.5, 0.6) is 0 Å². The maximum absolute atomic E-state index is 12.3. The lowest BCUT2D eigenvalue weighted by molar-refractivity contribution is -0.119. The number of anilines is 1. The van der Waals surface area contributed by atoms with Crippen molar-refractivity contribution < 1.29 is 9.59 Å². The molecule has 20 heavy (non-hydrogen) atoms. The number of amides is 3. The molecule has 2 rings (SSSR count). The number of benzene rings is 1. The van der Waals surface area contributed by atoms with Gasteiger partial charge in [0.05, 0.1) is 5.69 Å². The fourth-order valence-corrected chi connectivity index (χ4v) is 2.52. The lowest BCUT2D eigenvalue weighted by Gasteiger charge is -2.34. The smallest absolute Gasteiger partial charge is 0.328 e. The second kappa shape index (κ2) is 5.27.